The first-order valence-corrected chi connectivity index (χ1v) is 30.0. The Labute approximate surface area is 410 Å². The Morgan fingerprint density at radius 3 is 1.03 bits per heavy atom. The molecular weight excluding hydrogens is 870 g/mol. The molecule has 9 atom stereocenters. The van der Waals surface area contributed by atoms with Crippen LogP contribution in [0, 0.1) is 0 Å². The molecule has 0 aromatic carbocycles. The normalized spacial score (nSPS) is 21.6. The van der Waals surface area contributed by atoms with E-state index in [0.29, 0.717) is 19.3 Å². The zero-order valence-electron chi connectivity index (χ0n) is 43.2. The molecule has 1 rings (SSSR count). The van der Waals surface area contributed by atoms with Crippen molar-refractivity contribution in [2.24, 2.45) is 0 Å². The van der Waals surface area contributed by atoms with Gasteiger partial charge < -0.3 is 40.8 Å². The third-order valence-corrected chi connectivity index (χ3v) is 15.2. The Hall–Kier alpha value is -0.660. The number of unbranched alkanes of at least 4 members (excludes halogenated alkanes) is 38. The first-order chi connectivity index (χ1) is 32.4. The van der Waals surface area contributed by atoms with Gasteiger partial charge in [-0.05, 0) is 12.8 Å². The fourth-order valence-electron chi connectivity index (χ4n) is 9.56. The van der Waals surface area contributed by atoms with Gasteiger partial charge in [0.1, 0.15) is 36.6 Å². The van der Waals surface area contributed by atoms with Crippen LogP contribution >= 0.6 is 7.82 Å². The maximum atomic E-state index is 13.0. The summed E-state index contributed by atoms with van der Waals surface area (Å²) in [4.78, 5) is 23.5. The van der Waals surface area contributed by atoms with Crippen LogP contribution in [0.1, 0.15) is 284 Å². The lowest BCUT2D eigenvalue weighted by atomic mass is 9.85. The number of phosphoric ester groups is 1. The zero-order chi connectivity index (χ0) is 49.2. The van der Waals surface area contributed by atoms with Crippen LogP contribution in [0.15, 0.2) is 0 Å². The molecule has 0 aromatic heterocycles. The van der Waals surface area contributed by atoms with Gasteiger partial charge in [0.25, 0.3) is 0 Å². The molecule has 400 valence electrons. The number of amides is 1. The monoisotopic (exact) mass is 978 g/mol. The van der Waals surface area contributed by atoms with Crippen LogP contribution in [0.25, 0.3) is 0 Å². The van der Waals surface area contributed by atoms with E-state index in [-0.39, 0.29) is 12.3 Å². The van der Waals surface area contributed by atoms with E-state index < -0.39 is 63.2 Å². The van der Waals surface area contributed by atoms with Crippen molar-refractivity contribution < 1.29 is 53.9 Å². The highest BCUT2D eigenvalue weighted by atomic mass is 31.2. The lowest BCUT2D eigenvalue weighted by Gasteiger charge is -2.41. The Balaban J connectivity index is 2.29. The molecule has 0 heterocycles. The van der Waals surface area contributed by atoms with Crippen molar-refractivity contribution in [2.45, 2.75) is 332 Å². The summed E-state index contributed by atoms with van der Waals surface area (Å²) in [5, 5.41) is 64.4. The maximum Gasteiger partial charge on any atom is 0.472 e. The maximum absolute atomic E-state index is 13.0. The number of hydrogen-bond donors (Lipinski definition) is 8. The van der Waals surface area contributed by atoms with Crippen LogP contribution in [-0.2, 0) is 18.4 Å². The number of phosphoric acid groups is 1. The van der Waals surface area contributed by atoms with Crippen molar-refractivity contribution in [3.63, 3.8) is 0 Å². The minimum atomic E-state index is -5.06. The lowest BCUT2D eigenvalue weighted by Crippen LogP contribution is -2.64. The van der Waals surface area contributed by atoms with E-state index in [1.807, 2.05) is 0 Å². The van der Waals surface area contributed by atoms with Crippen molar-refractivity contribution in [3.05, 3.63) is 0 Å². The van der Waals surface area contributed by atoms with Crippen LogP contribution < -0.4 is 5.32 Å². The second kappa shape index (κ2) is 44.1. The molecule has 67 heavy (non-hydrogen) atoms. The second-order valence-corrected chi connectivity index (χ2v) is 21.9. The molecule has 12 nitrogen and oxygen atoms in total. The van der Waals surface area contributed by atoms with Gasteiger partial charge >= 0.3 is 7.82 Å². The van der Waals surface area contributed by atoms with E-state index in [0.717, 1.165) is 38.5 Å². The summed E-state index contributed by atoms with van der Waals surface area (Å²) < 4.78 is 23.1. The minimum Gasteiger partial charge on any atom is -0.391 e. The molecule has 1 aliphatic rings. The summed E-state index contributed by atoms with van der Waals surface area (Å²) in [5.41, 5.74) is 0. The first-order valence-electron chi connectivity index (χ1n) is 28.5. The van der Waals surface area contributed by atoms with Gasteiger partial charge in [-0.1, -0.05) is 264 Å². The van der Waals surface area contributed by atoms with Crippen LogP contribution in [0.4, 0.5) is 0 Å². The Morgan fingerprint density at radius 1 is 0.448 bits per heavy atom. The van der Waals surface area contributed by atoms with E-state index in [4.69, 9.17) is 9.05 Å². The van der Waals surface area contributed by atoms with E-state index in [1.54, 1.807) is 0 Å². The van der Waals surface area contributed by atoms with E-state index in [2.05, 4.69) is 19.2 Å². The van der Waals surface area contributed by atoms with Gasteiger partial charge in [0, 0.05) is 6.42 Å². The highest BCUT2D eigenvalue weighted by Gasteiger charge is 2.51. The van der Waals surface area contributed by atoms with E-state index in [1.165, 1.54) is 205 Å². The van der Waals surface area contributed by atoms with Crippen molar-refractivity contribution in [3.8, 4) is 0 Å². The molecule has 13 heteroatoms. The van der Waals surface area contributed by atoms with Crippen molar-refractivity contribution in [2.75, 3.05) is 6.61 Å². The first kappa shape index (κ1) is 64.4. The number of aliphatic hydroxyl groups excluding tert-OH is 6. The van der Waals surface area contributed by atoms with Gasteiger partial charge in [-0.2, -0.15) is 0 Å². The molecule has 0 aliphatic heterocycles. The summed E-state index contributed by atoms with van der Waals surface area (Å²) in [5.74, 6) is -0.301. The number of hydrogen-bond acceptors (Lipinski definition) is 10. The third kappa shape index (κ3) is 35.2. The van der Waals surface area contributed by atoms with Gasteiger partial charge in [-0.15, -0.1) is 0 Å². The summed E-state index contributed by atoms with van der Waals surface area (Å²) >= 11 is 0. The average molecular weight is 978 g/mol. The van der Waals surface area contributed by atoms with Gasteiger partial charge in [-0.25, -0.2) is 4.57 Å². The Morgan fingerprint density at radius 2 is 0.716 bits per heavy atom. The minimum absolute atomic E-state index is 0.243. The molecule has 1 fully saturated rings. The fourth-order valence-corrected chi connectivity index (χ4v) is 10.5. The van der Waals surface area contributed by atoms with Crippen LogP contribution in [0.5, 0.6) is 0 Å². The van der Waals surface area contributed by atoms with E-state index in [9.17, 15) is 44.9 Å². The number of aliphatic hydroxyl groups is 6. The molecule has 1 aliphatic carbocycles. The zero-order valence-corrected chi connectivity index (χ0v) is 44.1. The lowest BCUT2D eigenvalue weighted by molar-refractivity contribution is -0.220. The SMILES string of the molecule is CCCCCCCCCCCCCCCCCCCCCCCCCCCC(=O)N[C@@H](COP(=O)(O)OC1[C@H](O)[C@H](O)C(O)[C@H](O)[C@H]1O)[C@H](O)CCCCCCCCCCCCCCCCC. The van der Waals surface area contributed by atoms with Gasteiger partial charge in [0.05, 0.1) is 18.8 Å². The van der Waals surface area contributed by atoms with Crippen molar-refractivity contribution in [1.82, 2.24) is 5.32 Å². The molecule has 0 spiro atoms. The van der Waals surface area contributed by atoms with Crippen LogP contribution in [0.3, 0.4) is 0 Å². The summed E-state index contributed by atoms with van der Waals surface area (Å²) in [6.07, 6.45) is 38.6. The number of carbonyl (C=O) groups excluding carboxylic acids is 1. The second-order valence-electron chi connectivity index (χ2n) is 20.5. The van der Waals surface area contributed by atoms with Gasteiger partial charge in [0.15, 0.2) is 0 Å². The molecular formula is C54H108NO11P. The molecule has 0 bridgehead atoms. The molecule has 8 N–H and O–H groups in total. The highest BCUT2D eigenvalue weighted by molar-refractivity contribution is 7.47. The molecule has 3 unspecified atom stereocenters. The van der Waals surface area contributed by atoms with Crippen molar-refractivity contribution >= 4 is 13.7 Å². The third-order valence-electron chi connectivity index (χ3n) is 14.2. The number of nitrogens with one attached hydrogen (secondary N) is 1. The summed E-state index contributed by atoms with van der Waals surface area (Å²) in [7, 11) is -5.06. The molecule has 0 saturated heterocycles. The fraction of sp³-hybridized carbons (Fsp3) is 0.981. The predicted molar refractivity (Wildman–Crippen MR) is 274 cm³/mol. The molecule has 0 aromatic rings. The molecule has 0 radical (unpaired) electrons. The standard InChI is InChI=1S/C54H108NO11P/c1-3-5-7-9-11-13-15-17-19-20-21-22-23-24-25-26-27-28-30-32-34-36-38-40-42-44-48(57)55-46(45-65-67(63,64)66-54-52(61)50(59)49(58)51(60)53(54)62)47(56)43-41-39-37-35-33-31-29-18-16-14-12-10-8-6-4-2/h46-47,49-54,56,58-62H,3-45H2,1-2H3,(H,55,57)(H,63,64)/t46-,47+,49?,50-,51+,52+,53+,54?/m0/s1. The number of rotatable bonds is 49. The molecule has 1 amide bonds. The van der Waals surface area contributed by atoms with Gasteiger partial charge in [0.2, 0.25) is 5.91 Å². The molecule has 1 saturated carbocycles. The Bertz CT molecular complexity index is 1140. The van der Waals surface area contributed by atoms with E-state index >= 15 is 0 Å². The van der Waals surface area contributed by atoms with Crippen molar-refractivity contribution in [1.29, 1.82) is 0 Å². The largest absolute Gasteiger partial charge is 0.472 e. The van der Waals surface area contributed by atoms with Crippen LogP contribution in [0.2, 0.25) is 0 Å². The van der Waals surface area contributed by atoms with Gasteiger partial charge in [-0.3, -0.25) is 13.8 Å². The summed E-state index contributed by atoms with van der Waals surface area (Å²) in [6.45, 7) is 3.94. The number of carbonyl (C=O) groups is 1. The Kier molecular flexibility index (Phi) is 42.3. The predicted octanol–water partition coefficient (Wildman–Crippen LogP) is 12.6. The smallest absolute Gasteiger partial charge is 0.391 e. The highest BCUT2D eigenvalue weighted by Crippen LogP contribution is 2.47. The van der Waals surface area contributed by atoms with Crippen LogP contribution in [-0.4, -0.2) is 96.8 Å². The topological polar surface area (TPSA) is 206 Å². The quantitative estimate of drug-likeness (QED) is 0.0213. The summed E-state index contributed by atoms with van der Waals surface area (Å²) in [6, 6.07) is -1.03. The average Bonchev–Trinajstić information content (AvgIpc) is 3.31.